The van der Waals surface area contributed by atoms with Crippen LogP contribution in [0.4, 0.5) is 0 Å². The number of hydrogen-bond donors (Lipinski definition) is 4. The molecule has 1 aliphatic rings. The van der Waals surface area contributed by atoms with Crippen LogP contribution in [0.5, 0.6) is 5.75 Å². The zero-order valence-electron chi connectivity index (χ0n) is 17.5. The third kappa shape index (κ3) is 7.64. The third-order valence-electron chi connectivity index (χ3n) is 5.37. The Labute approximate surface area is 193 Å². The third-order valence-corrected chi connectivity index (χ3v) is 6.11. The Morgan fingerprint density at radius 1 is 1.16 bits per heavy atom. The number of nitrogens with two attached hydrogens (primary N) is 1. The quantitative estimate of drug-likeness (QED) is 0.295. The first-order chi connectivity index (χ1) is 15.1. The SMILES string of the molecule is NSNCCCCOc1ccc(Cc2cc(C3CC(O)CC(CO)O3)ccc2Cl)cc1. The summed E-state index contributed by atoms with van der Waals surface area (Å²) in [5.74, 6) is 0.851. The summed E-state index contributed by atoms with van der Waals surface area (Å²) in [7, 11) is 0. The predicted molar refractivity (Wildman–Crippen MR) is 125 cm³/mol. The van der Waals surface area contributed by atoms with Crippen LogP contribution in [0.15, 0.2) is 42.5 Å². The Hall–Kier alpha value is -1.32. The van der Waals surface area contributed by atoms with Crippen LogP contribution in [-0.2, 0) is 11.2 Å². The summed E-state index contributed by atoms with van der Waals surface area (Å²) in [5.41, 5.74) is 3.11. The maximum atomic E-state index is 10.1. The monoisotopic (exact) mass is 466 g/mol. The van der Waals surface area contributed by atoms with E-state index in [0.717, 1.165) is 54.0 Å². The first-order valence-electron chi connectivity index (χ1n) is 10.6. The average Bonchev–Trinajstić information content (AvgIpc) is 2.78. The molecule has 0 aliphatic carbocycles. The van der Waals surface area contributed by atoms with Crippen molar-refractivity contribution in [3.05, 3.63) is 64.2 Å². The Morgan fingerprint density at radius 2 is 1.97 bits per heavy atom. The molecule has 1 heterocycles. The Morgan fingerprint density at radius 3 is 2.71 bits per heavy atom. The maximum Gasteiger partial charge on any atom is 0.119 e. The van der Waals surface area contributed by atoms with E-state index in [0.29, 0.717) is 30.9 Å². The number of nitrogens with one attached hydrogen (secondary N) is 1. The largest absolute Gasteiger partial charge is 0.494 e. The highest BCUT2D eigenvalue weighted by molar-refractivity contribution is 7.95. The number of aliphatic hydroxyl groups is 2. The minimum Gasteiger partial charge on any atom is -0.494 e. The van der Waals surface area contributed by atoms with Gasteiger partial charge in [0.25, 0.3) is 0 Å². The molecule has 1 saturated heterocycles. The van der Waals surface area contributed by atoms with Gasteiger partial charge in [0.15, 0.2) is 0 Å². The van der Waals surface area contributed by atoms with E-state index in [1.165, 1.54) is 0 Å². The standard InChI is InChI=1S/C23H31ClN2O4S/c24-22-8-5-17(23-14-19(28)13-21(15-27)30-23)12-18(22)11-16-3-6-20(7-4-16)29-10-2-1-9-26-31-25/h3-8,12,19,21,23,26-28H,1-2,9-11,13-15,25H2. The molecular weight excluding hydrogens is 436 g/mol. The van der Waals surface area contributed by atoms with Crippen LogP contribution in [0.1, 0.15) is 48.5 Å². The first-order valence-corrected chi connectivity index (χ1v) is 11.9. The molecule has 0 radical (unpaired) electrons. The summed E-state index contributed by atoms with van der Waals surface area (Å²) < 4.78 is 14.7. The van der Waals surface area contributed by atoms with E-state index in [4.69, 9.17) is 26.2 Å². The minimum absolute atomic E-state index is 0.0912. The van der Waals surface area contributed by atoms with E-state index in [2.05, 4.69) is 4.72 Å². The molecule has 3 atom stereocenters. The highest BCUT2D eigenvalue weighted by Crippen LogP contribution is 2.33. The lowest BCUT2D eigenvalue weighted by molar-refractivity contribution is -0.113. The van der Waals surface area contributed by atoms with Gasteiger partial charge in [-0.2, -0.15) is 0 Å². The lowest BCUT2D eigenvalue weighted by atomic mass is 9.94. The normalized spacial score (nSPS) is 21.2. The molecule has 1 aliphatic heterocycles. The molecule has 3 rings (SSSR count). The van der Waals surface area contributed by atoms with Crippen LogP contribution >= 0.6 is 23.7 Å². The molecule has 8 heteroatoms. The lowest BCUT2D eigenvalue weighted by Gasteiger charge is -2.32. The highest BCUT2D eigenvalue weighted by atomic mass is 35.5. The number of hydrogen-bond acceptors (Lipinski definition) is 7. The summed E-state index contributed by atoms with van der Waals surface area (Å²) >= 11 is 7.59. The molecule has 5 N–H and O–H groups in total. The number of rotatable bonds is 11. The van der Waals surface area contributed by atoms with Gasteiger partial charge < -0.3 is 19.7 Å². The van der Waals surface area contributed by atoms with Gasteiger partial charge in [0.2, 0.25) is 0 Å². The van der Waals surface area contributed by atoms with E-state index in [9.17, 15) is 10.2 Å². The Balaban J connectivity index is 1.57. The van der Waals surface area contributed by atoms with Crippen molar-refractivity contribution in [1.29, 1.82) is 0 Å². The molecule has 0 spiro atoms. The number of ether oxygens (including phenoxy) is 2. The summed E-state index contributed by atoms with van der Waals surface area (Å²) in [5, 5.41) is 25.5. The van der Waals surface area contributed by atoms with Crippen molar-refractivity contribution >= 4 is 23.7 Å². The second-order valence-corrected chi connectivity index (χ2v) is 8.73. The van der Waals surface area contributed by atoms with Gasteiger partial charge >= 0.3 is 0 Å². The summed E-state index contributed by atoms with van der Waals surface area (Å²) in [4.78, 5) is 0. The first kappa shape index (κ1) is 24.3. The van der Waals surface area contributed by atoms with Crippen LogP contribution in [-0.4, -0.2) is 42.2 Å². The van der Waals surface area contributed by atoms with Crippen LogP contribution in [0, 0.1) is 0 Å². The van der Waals surface area contributed by atoms with Crippen molar-refractivity contribution in [1.82, 2.24) is 4.72 Å². The molecule has 0 bridgehead atoms. The molecule has 3 unspecified atom stereocenters. The van der Waals surface area contributed by atoms with Crippen molar-refractivity contribution in [3.63, 3.8) is 0 Å². The summed E-state index contributed by atoms with van der Waals surface area (Å²) in [6, 6.07) is 13.9. The lowest BCUT2D eigenvalue weighted by Crippen LogP contribution is -2.33. The van der Waals surface area contributed by atoms with Gasteiger partial charge in [-0.1, -0.05) is 35.9 Å². The molecular formula is C23H31ClN2O4S. The van der Waals surface area contributed by atoms with Crippen molar-refractivity contribution in [3.8, 4) is 5.75 Å². The second-order valence-electron chi connectivity index (χ2n) is 7.79. The van der Waals surface area contributed by atoms with Crippen molar-refractivity contribution < 1.29 is 19.7 Å². The van der Waals surface area contributed by atoms with Crippen molar-refractivity contribution in [2.24, 2.45) is 5.14 Å². The zero-order valence-corrected chi connectivity index (χ0v) is 19.1. The van der Waals surface area contributed by atoms with Crippen LogP contribution in [0.3, 0.4) is 0 Å². The topological polar surface area (TPSA) is 97.0 Å². The minimum atomic E-state index is -0.474. The zero-order chi connectivity index (χ0) is 22.1. The predicted octanol–water partition coefficient (Wildman–Crippen LogP) is 3.77. The molecule has 2 aromatic rings. The van der Waals surface area contributed by atoms with Gasteiger partial charge in [-0.25, -0.2) is 0 Å². The molecule has 1 fully saturated rings. The van der Waals surface area contributed by atoms with E-state index in [1.54, 1.807) is 0 Å². The van der Waals surface area contributed by atoms with Gasteiger partial charge in [0.1, 0.15) is 5.75 Å². The van der Waals surface area contributed by atoms with Crippen LogP contribution < -0.4 is 14.6 Å². The average molecular weight is 467 g/mol. The summed E-state index contributed by atoms with van der Waals surface area (Å²) in [6.07, 6.45) is 2.59. The van der Waals surface area contributed by atoms with E-state index >= 15 is 0 Å². The molecule has 0 saturated carbocycles. The van der Waals surface area contributed by atoms with E-state index < -0.39 is 6.10 Å². The van der Waals surface area contributed by atoms with Gasteiger partial charge in [-0.15, -0.1) is 0 Å². The van der Waals surface area contributed by atoms with Crippen LogP contribution in [0.2, 0.25) is 5.02 Å². The molecule has 0 aromatic heterocycles. The number of unbranched alkanes of at least 4 members (excludes halogenated alkanes) is 1. The molecule has 31 heavy (non-hydrogen) atoms. The van der Waals surface area contributed by atoms with Gasteiger partial charge in [-0.3, -0.25) is 9.86 Å². The molecule has 2 aromatic carbocycles. The highest BCUT2D eigenvalue weighted by Gasteiger charge is 2.29. The Bertz CT molecular complexity index is 809. The number of benzene rings is 2. The van der Waals surface area contributed by atoms with E-state index in [-0.39, 0.29) is 18.8 Å². The van der Waals surface area contributed by atoms with E-state index in [1.807, 2.05) is 42.5 Å². The van der Waals surface area contributed by atoms with Crippen LogP contribution in [0.25, 0.3) is 0 Å². The summed E-state index contributed by atoms with van der Waals surface area (Å²) in [6.45, 7) is 1.45. The van der Waals surface area contributed by atoms with Gasteiger partial charge in [0, 0.05) is 36.5 Å². The van der Waals surface area contributed by atoms with Gasteiger partial charge in [-0.05, 0) is 54.2 Å². The fraction of sp³-hybridized carbons (Fsp3) is 0.478. The maximum absolute atomic E-state index is 10.1. The molecule has 170 valence electrons. The van der Waals surface area contributed by atoms with Crippen molar-refractivity contribution in [2.75, 3.05) is 19.8 Å². The van der Waals surface area contributed by atoms with Crippen molar-refractivity contribution in [2.45, 2.75) is 50.4 Å². The fourth-order valence-electron chi connectivity index (χ4n) is 3.72. The number of halogens is 1. The van der Waals surface area contributed by atoms with Gasteiger partial charge in [0.05, 0.1) is 31.5 Å². The Kier molecular flexibility index (Phi) is 9.93. The fourth-order valence-corrected chi connectivity index (χ4v) is 4.17. The number of aliphatic hydroxyl groups excluding tert-OH is 2. The smallest absolute Gasteiger partial charge is 0.119 e. The molecule has 0 amide bonds. The molecule has 6 nitrogen and oxygen atoms in total. The second kappa shape index (κ2) is 12.6.